The molecule has 0 aromatic heterocycles. The number of benzene rings is 1. The molecule has 0 bridgehead atoms. The second kappa shape index (κ2) is 13.9. The van der Waals surface area contributed by atoms with E-state index in [4.69, 9.17) is 5.26 Å². The smallest absolute Gasteiger partial charge is 0.380 e. The summed E-state index contributed by atoms with van der Waals surface area (Å²) in [6.07, 6.45) is -9.23. The van der Waals surface area contributed by atoms with Crippen LogP contribution in [0.25, 0.3) is 0 Å². The van der Waals surface area contributed by atoms with Crippen molar-refractivity contribution in [3.05, 3.63) is 29.3 Å². The van der Waals surface area contributed by atoms with Crippen molar-refractivity contribution < 1.29 is 53.8 Å². The molecule has 39 heavy (non-hydrogen) atoms. The van der Waals surface area contributed by atoms with Gasteiger partial charge in [0.1, 0.15) is 5.60 Å². The number of rotatable bonds is 15. The van der Waals surface area contributed by atoms with Gasteiger partial charge in [0.15, 0.2) is 0 Å². The number of nitriles is 1. The zero-order valence-electron chi connectivity index (χ0n) is 20.8. The molecular weight excluding hydrogens is 570 g/mol. The Morgan fingerprint density at radius 3 is 2.00 bits per heavy atom. The summed E-state index contributed by atoms with van der Waals surface area (Å²) in [4.78, 5) is 12.4. The normalized spacial score (nSPS) is 14.5. The molecule has 1 amide bonds. The highest BCUT2D eigenvalue weighted by atomic mass is 32.2. The lowest BCUT2D eigenvalue weighted by atomic mass is 9.96. The molecule has 222 valence electrons. The van der Waals surface area contributed by atoms with Gasteiger partial charge in [-0.05, 0) is 49.5 Å². The second-order valence-electron chi connectivity index (χ2n) is 9.11. The van der Waals surface area contributed by atoms with Crippen LogP contribution in [0.1, 0.15) is 69.4 Å². The Morgan fingerprint density at radius 1 is 0.897 bits per heavy atom. The fraction of sp³-hybridized carbons (Fsp3) is 0.667. The van der Waals surface area contributed by atoms with Gasteiger partial charge in [-0.2, -0.15) is 60.9 Å². The van der Waals surface area contributed by atoms with Crippen LogP contribution in [-0.4, -0.2) is 46.1 Å². The van der Waals surface area contributed by atoms with Gasteiger partial charge in [0.25, 0.3) is 5.91 Å². The first-order valence-corrected chi connectivity index (χ1v) is 13.0. The van der Waals surface area contributed by atoms with Gasteiger partial charge in [0, 0.05) is 12.1 Å². The SMILES string of the molecule is C[C@](O)(CCCCCCCCSCCC(F)(F)C(F)(F)C(F)(F)F)C(=O)Nc1ccc(C#N)c(C(F)(F)F)c1. The Balaban J connectivity index is 2.30. The van der Waals surface area contributed by atoms with Crippen molar-refractivity contribution in [1.29, 1.82) is 5.26 Å². The Bertz CT molecular complexity index is 989. The first-order chi connectivity index (χ1) is 17.8. The highest BCUT2D eigenvalue weighted by Crippen LogP contribution is 2.48. The minimum Gasteiger partial charge on any atom is -0.380 e. The summed E-state index contributed by atoms with van der Waals surface area (Å²) >= 11 is 0.850. The number of halogens is 10. The number of carbonyl (C=O) groups excluding carboxylic acids is 1. The molecule has 15 heteroatoms. The first-order valence-electron chi connectivity index (χ1n) is 11.8. The molecule has 0 unspecified atom stereocenters. The zero-order valence-corrected chi connectivity index (χ0v) is 21.6. The largest absolute Gasteiger partial charge is 0.459 e. The molecule has 0 radical (unpaired) electrons. The number of anilines is 1. The first kappa shape index (κ1) is 34.8. The van der Waals surface area contributed by atoms with E-state index < -0.39 is 59.0 Å². The number of unbranched alkanes of at least 4 members (excludes halogenated alkanes) is 5. The number of nitrogens with one attached hydrogen (secondary N) is 1. The van der Waals surface area contributed by atoms with Gasteiger partial charge in [-0.3, -0.25) is 4.79 Å². The zero-order chi connectivity index (χ0) is 30.1. The number of amides is 1. The molecule has 1 aromatic rings. The second-order valence-corrected chi connectivity index (χ2v) is 10.3. The van der Waals surface area contributed by atoms with Crippen molar-refractivity contribution >= 4 is 23.4 Å². The molecule has 0 saturated carbocycles. The maximum Gasteiger partial charge on any atom is 0.459 e. The third-order valence-electron chi connectivity index (χ3n) is 5.77. The van der Waals surface area contributed by atoms with Crippen LogP contribution in [0.15, 0.2) is 18.2 Å². The van der Waals surface area contributed by atoms with E-state index in [1.165, 1.54) is 13.0 Å². The lowest BCUT2D eigenvalue weighted by Gasteiger charge is -2.28. The summed E-state index contributed by atoms with van der Waals surface area (Å²) in [5, 5.41) is 21.4. The van der Waals surface area contributed by atoms with Crippen molar-refractivity contribution in [1.82, 2.24) is 0 Å². The molecule has 1 aromatic carbocycles. The fourth-order valence-corrected chi connectivity index (χ4v) is 4.39. The highest BCUT2D eigenvalue weighted by Gasteiger charge is 2.72. The van der Waals surface area contributed by atoms with E-state index in [1.807, 2.05) is 0 Å². The Kier molecular flexibility index (Phi) is 12.4. The molecule has 0 aliphatic heterocycles. The average molecular weight is 599 g/mol. The Hall–Kier alpha value is -2.21. The number of alkyl halides is 10. The number of carbonyl (C=O) groups is 1. The summed E-state index contributed by atoms with van der Waals surface area (Å²) in [6, 6.07) is 4.05. The van der Waals surface area contributed by atoms with E-state index in [2.05, 4.69) is 5.32 Å². The molecule has 0 fully saturated rings. The Labute approximate surface area is 223 Å². The quantitative estimate of drug-likeness (QED) is 0.159. The van der Waals surface area contributed by atoms with Gasteiger partial charge in [0.05, 0.1) is 17.2 Å². The summed E-state index contributed by atoms with van der Waals surface area (Å²) < 4.78 is 127. The molecule has 0 aliphatic carbocycles. The molecule has 1 rings (SSSR count). The lowest BCUT2D eigenvalue weighted by Crippen LogP contribution is -2.52. The standard InChI is InChI=1S/C24H28F10N2O2S/c1-20(38,19(37)36-17-9-8-16(15-35)18(14-17)22(27,28)29)10-6-4-2-3-5-7-12-39-13-11-21(25,26)23(30,31)24(32,33)34/h8-9,14,38H,2-7,10-13H2,1H3,(H,36,37)/t20-/m0/s1. The van der Waals surface area contributed by atoms with Crippen LogP contribution >= 0.6 is 11.8 Å². The summed E-state index contributed by atoms with van der Waals surface area (Å²) in [5.74, 6) is -12.5. The summed E-state index contributed by atoms with van der Waals surface area (Å²) in [7, 11) is 0. The number of hydrogen-bond donors (Lipinski definition) is 2. The monoisotopic (exact) mass is 598 g/mol. The molecule has 0 spiro atoms. The molecule has 4 nitrogen and oxygen atoms in total. The number of aliphatic hydroxyl groups is 1. The van der Waals surface area contributed by atoms with E-state index in [0.29, 0.717) is 50.3 Å². The summed E-state index contributed by atoms with van der Waals surface area (Å²) in [5.41, 5.74) is -3.95. The van der Waals surface area contributed by atoms with Gasteiger partial charge in [-0.25, -0.2) is 0 Å². The molecular formula is C24H28F10N2O2S. The van der Waals surface area contributed by atoms with E-state index >= 15 is 0 Å². The number of thioether (sulfide) groups is 1. The third-order valence-corrected chi connectivity index (χ3v) is 6.84. The van der Waals surface area contributed by atoms with Crippen LogP contribution in [0.3, 0.4) is 0 Å². The van der Waals surface area contributed by atoms with Gasteiger partial charge >= 0.3 is 24.2 Å². The van der Waals surface area contributed by atoms with E-state index in [1.54, 1.807) is 0 Å². The predicted octanol–water partition coefficient (Wildman–Crippen LogP) is 7.95. The van der Waals surface area contributed by atoms with Gasteiger partial charge in [0.2, 0.25) is 0 Å². The summed E-state index contributed by atoms with van der Waals surface area (Å²) in [6.45, 7) is 1.21. The Morgan fingerprint density at radius 2 is 1.46 bits per heavy atom. The van der Waals surface area contributed by atoms with Crippen molar-refractivity contribution in [3.8, 4) is 6.07 Å². The van der Waals surface area contributed by atoms with Gasteiger partial charge < -0.3 is 10.4 Å². The predicted molar refractivity (Wildman–Crippen MR) is 126 cm³/mol. The van der Waals surface area contributed by atoms with E-state index in [0.717, 1.165) is 23.9 Å². The fourth-order valence-electron chi connectivity index (χ4n) is 3.38. The molecule has 0 aliphatic rings. The molecule has 1 atom stereocenters. The van der Waals surface area contributed by atoms with Crippen LogP contribution in [0, 0.1) is 11.3 Å². The molecule has 0 saturated heterocycles. The van der Waals surface area contributed by atoms with Crippen molar-refractivity contribution in [2.24, 2.45) is 0 Å². The molecule has 2 N–H and O–H groups in total. The van der Waals surface area contributed by atoms with Crippen molar-refractivity contribution in [2.45, 2.75) is 88.1 Å². The number of hydrogen-bond acceptors (Lipinski definition) is 4. The maximum atomic E-state index is 13.2. The van der Waals surface area contributed by atoms with E-state index in [9.17, 15) is 53.8 Å². The molecule has 0 heterocycles. The topological polar surface area (TPSA) is 73.1 Å². The minimum atomic E-state index is -6.33. The van der Waals surface area contributed by atoms with Crippen LogP contribution < -0.4 is 5.32 Å². The highest BCUT2D eigenvalue weighted by molar-refractivity contribution is 7.99. The van der Waals surface area contributed by atoms with Crippen LogP contribution in [0.5, 0.6) is 0 Å². The van der Waals surface area contributed by atoms with Crippen molar-refractivity contribution in [3.63, 3.8) is 0 Å². The average Bonchev–Trinajstić information content (AvgIpc) is 2.80. The van der Waals surface area contributed by atoms with Crippen LogP contribution in [0.4, 0.5) is 49.6 Å². The third kappa shape index (κ3) is 10.4. The minimum absolute atomic E-state index is 0.00780. The van der Waals surface area contributed by atoms with Gasteiger partial charge in [-0.1, -0.05) is 32.1 Å². The van der Waals surface area contributed by atoms with E-state index in [-0.39, 0.29) is 12.1 Å². The number of nitrogens with zero attached hydrogens (tertiary/aromatic N) is 1. The van der Waals surface area contributed by atoms with Crippen molar-refractivity contribution in [2.75, 3.05) is 16.8 Å². The lowest BCUT2D eigenvalue weighted by molar-refractivity contribution is -0.354. The van der Waals surface area contributed by atoms with Crippen LogP contribution in [0.2, 0.25) is 0 Å². The van der Waals surface area contributed by atoms with Gasteiger partial charge in [-0.15, -0.1) is 0 Å². The van der Waals surface area contributed by atoms with Crippen LogP contribution in [-0.2, 0) is 11.0 Å². The maximum absolute atomic E-state index is 13.2.